The van der Waals surface area contributed by atoms with E-state index in [-0.39, 0.29) is 4.87 Å². The van der Waals surface area contributed by atoms with Crippen molar-refractivity contribution in [1.29, 1.82) is 0 Å². The Labute approximate surface area is 92.4 Å². The Morgan fingerprint density at radius 3 is 3.20 bits per heavy atom. The van der Waals surface area contributed by atoms with Crippen molar-refractivity contribution >= 4 is 17.2 Å². The van der Waals surface area contributed by atoms with E-state index in [1.165, 1.54) is 30.6 Å². The summed E-state index contributed by atoms with van der Waals surface area (Å²) in [6.07, 6.45) is 4.71. The number of aromatic nitrogens is 1. The van der Waals surface area contributed by atoms with Crippen molar-refractivity contribution in [1.82, 2.24) is 10.3 Å². The zero-order valence-electron chi connectivity index (χ0n) is 8.58. The van der Waals surface area contributed by atoms with Crippen LogP contribution in [0.5, 0.6) is 0 Å². The first kappa shape index (κ1) is 10.4. The average Bonchev–Trinajstić information content (AvgIpc) is 2.52. The Bertz CT molecular complexity index is 393. The molecular formula is C10H15N3OS. The van der Waals surface area contributed by atoms with Crippen molar-refractivity contribution in [3.63, 3.8) is 0 Å². The highest BCUT2D eigenvalue weighted by Crippen LogP contribution is 2.06. The van der Waals surface area contributed by atoms with Crippen molar-refractivity contribution < 1.29 is 0 Å². The van der Waals surface area contributed by atoms with Crippen molar-refractivity contribution in [3.05, 3.63) is 20.7 Å². The summed E-state index contributed by atoms with van der Waals surface area (Å²) in [5.74, 6) is 1.08. The third kappa shape index (κ3) is 3.20. The molecule has 0 radical (unpaired) electrons. The van der Waals surface area contributed by atoms with Crippen molar-refractivity contribution in [3.8, 4) is 0 Å². The van der Waals surface area contributed by atoms with Crippen molar-refractivity contribution in [2.75, 3.05) is 6.54 Å². The van der Waals surface area contributed by atoms with Crippen LogP contribution in [0.3, 0.4) is 0 Å². The van der Waals surface area contributed by atoms with Gasteiger partial charge in [0.2, 0.25) is 0 Å². The van der Waals surface area contributed by atoms with Gasteiger partial charge in [-0.2, -0.15) is 0 Å². The Morgan fingerprint density at radius 2 is 2.40 bits per heavy atom. The van der Waals surface area contributed by atoms with Crippen LogP contribution in [-0.2, 0) is 6.54 Å². The number of amidine groups is 1. The molecule has 0 aliphatic carbocycles. The smallest absolute Gasteiger partial charge is 0.304 e. The normalized spacial score (nSPS) is 16.9. The van der Waals surface area contributed by atoms with E-state index in [0.717, 1.165) is 24.5 Å². The highest BCUT2D eigenvalue weighted by atomic mass is 32.1. The molecule has 0 atom stereocenters. The van der Waals surface area contributed by atoms with Gasteiger partial charge in [-0.1, -0.05) is 17.8 Å². The molecule has 15 heavy (non-hydrogen) atoms. The monoisotopic (exact) mass is 225 g/mol. The number of thiazole rings is 1. The Balaban J connectivity index is 1.86. The second-order valence-corrected chi connectivity index (χ2v) is 4.51. The molecule has 2 rings (SSSR count). The second kappa shape index (κ2) is 5.11. The van der Waals surface area contributed by atoms with Crippen LogP contribution < -0.4 is 10.2 Å². The summed E-state index contributed by atoms with van der Waals surface area (Å²) in [6, 6.07) is 0. The lowest BCUT2D eigenvalue weighted by Gasteiger charge is -2.06. The van der Waals surface area contributed by atoms with E-state index in [1.54, 1.807) is 0 Å². The molecule has 0 spiro atoms. The zero-order valence-corrected chi connectivity index (χ0v) is 9.40. The maximum absolute atomic E-state index is 10.9. The first-order valence-corrected chi connectivity index (χ1v) is 6.16. The lowest BCUT2D eigenvalue weighted by Crippen LogP contribution is -2.23. The van der Waals surface area contributed by atoms with Gasteiger partial charge in [0.15, 0.2) is 0 Å². The Morgan fingerprint density at radius 1 is 1.47 bits per heavy atom. The summed E-state index contributed by atoms with van der Waals surface area (Å²) in [7, 11) is 0. The Kier molecular flexibility index (Phi) is 3.55. The minimum atomic E-state index is 0.00889. The van der Waals surface area contributed by atoms with Gasteiger partial charge in [0, 0.05) is 24.0 Å². The first-order valence-electron chi connectivity index (χ1n) is 5.28. The molecule has 1 aromatic rings. The summed E-state index contributed by atoms with van der Waals surface area (Å²) >= 11 is 1.20. The molecule has 0 amide bonds. The summed E-state index contributed by atoms with van der Waals surface area (Å²) in [4.78, 5) is 18.1. The maximum Gasteiger partial charge on any atom is 0.304 e. The van der Waals surface area contributed by atoms with Gasteiger partial charge in [0.25, 0.3) is 0 Å². The molecule has 1 aromatic heterocycles. The van der Waals surface area contributed by atoms with E-state index in [0.29, 0.717) is 6.54 Å². The minimum Gasteiger partial charge on any atom is -0.368 e. The van der Waals surface area contributed by atoms with Crippen LogP contribution in [0.15, 0.2) is 15.2 Å². The molecule has 0 bridgehead atoms. The standard InChI is InChI=1S/C10H15N3OS/c14-10-13-8(7-15-10)6-12-9-4-2-1-3-5-11-9/h7H,1-6H2,(H,11,12)(H,13,14). The van der Waals surface area contributed by atoms with Crippen LogP contribution in [0.1, 0.15) is 31.4 Å². The molecule has 0 saturated carbocycles. The van der Waals surface area contributed by atoms with Crippen molar-refractivity contribution in [2.24, 2.45) is 4.99 Å². The van der Waals surface area contributed by atoms with E-state index in [4.69, 9.17) is 0 Å². The Hall–Kier alpha value is -1.10. The van der Waals surface area contributed by atoms with Gasteiger partial charge in [0.1, 0.15) is 0 Å². The number of aromatic amines is 1. The molecular weight excluding hydrogens is 210 g/mol. The highest BCUT2D eigenvalue weighted by molar-refractivity contribution is 7.07. The second-order valence-electron chi connectivity index (χ2n) is 3.67. The van der Waals surface area contributed by atoms with Crippen molar-refractivity contribution in [2.45, 2.75) is 32.2 Å². The summed E-state index contributed by atoms with van der Waals surface area (Å²) in [5, 5.41) is 5.13. The molecule has 82 valence electrons. The maximum atomic E-state index is 10.9. The van der Waals surface area contributed by atoms with Gasteiger partial charge >= 0.3 is 4.87 Å². The molecule has 4 nitrogen and oxygen atoms in total. The fourth-order valence-corrected chi connectivity index (χ4v) is 2.20. The SMILES string of the molecule is O=c1[nH]c(CNC2=NCCCCC2)cs1. The third-order valence-corrected chi connectivity index (χ3v) is 3.15. The quantitative estimate of drug-likeness (QED) is 0.801. The molecule has 2 heterocycles. The number of nitrogens with one attached hydrogen (secondary N) is 2. The molecule has 1 aliphatic rings. The topological polar surface area (TPSA) is 57.2 Å². The van der Waals surface area contributed by atoms with Gasteiger partial charge in [-0.05, 0) is 12.8 Å². The molecule has 0 unspecified atom stereocenters. The van der Waals surface area contributed by atoms with Gasteiger partial charge < -0.3 is 10.3 Å². The number of hydrogen-bond acceptors (Lipinski definition) is 4. The van der Waals surface area contributed by atoms with Crippen LogP contribution in [0.2, 0.25) is 0 Å². The summed E-state index contributed by atoms with van der Waals surface area (Å²) < 4.78 is 0. The van der Waals surface area contributed by atoms with E-state index in [9.17, 15) is 4.79 Å². The molecule has 1 aliphatic heterocycles. The number of aliphatic imine (C=N–C) groups is 1. The molecule has 0 aromatic carbocycles. The number of H-pyrrole nitrogens is 1. The van der Waals surface area contributed by atoms with Gasteiger partial charge in [-0.3, -0.25) is 9.79 Å². The molecule has 2 N–H and O–H groups in total. The molecule has 5 heteroatoms. The van der Waals surface area contributed by atoms with Gasteiger partial charge in [0.05, 0.1) is 12.4 Å². The first-order chi connectivity index (χ1) is 7.34. The van der Waals surface area contributed by atoms with Crippen LogP contribution in [0.4, 0.5) is 0 Å². The van der Waals surface area contributed by atoms with E-state index in [2.05, 4.69) is 15.3 Å². The fourth-order valence-electron chi connectivity index (χ4n) is 1.62. The summed E-state index contributed by atoms with van der Waals surface area (Å²) in [6.45, 7) is 1.61. The minimum absolute atomic E-state index is 0.00889. The van der Waals surface area contributed by atoms with E-state index in [1.807, 2.05) is 5.38 Å². The van der Waals surface area contributed by atoms with Crippen LogP contribution in [0, 0.1) is 0 Å². The van der Waals surface area contributed by atoms with Crippen LogP contribution in [0.25, 0.3) is 0 Å². The highest BCUT2D eigenvalue weighted by Gasteiger charge is 2.04. The van der Waals surface area contributed by atoms with Crippen LogP contribution >= 0.6 is 11.3 Å². The predicted molar refractivity (Wildman–Crippen MR) is 62.5 cm³/mol. The average molecular weight is 225 g/mol. The molecule has 0 saturated heterocycles. The zero-order chi connectivity index (χ0) is 10.5. The van der Waals surface area contributed by atoms with Gasteiger partial charge in [-0.15, -0.1) is 0 Å². The number of rotatable bonds is 2. The fraction of sp³-hybridized carbons (Fsp3) is 0.600. The van der Waals surface area contributed by atoms with Crippen LogP contribution in [-0.4, -0.2) is 17.4 Å². The van der Waals surface area contributed by atoms with Gasteiger partial charge in [-0.25, -0.2) is 0 Å². The lowest BCUT2D eigenvalue weighted by molar-refractivity contribution is 0.727. The number of nitrogens with zero attached hydrogens (tertiary/aromatic N) is 1. The third-order valence-electron chi connectivity index (χ3n) is 2.43. The largest absolute Gasteiger partial charge is 0.368 e. The number of hydrogen-bond donors (Lipinski definition) is 2. The predicted octanol–water partition coefficient (Wildman–Crippen LogP) is 1.50. The van der Waals surface area contributed by atoms with E-state index >= 15 is 0 Å². The van der Waals surface area contributed by atoms with E-state index < -0.39 is 0 Å². The molecule has 0 fully saturated rings. The summed E-state index contributed by atoms with van der Waals surface area (Å²) in [5.41, 5.74) is 0.942. The lowest BCUT2D eigenvalue weighted by atomic mass is 10.2.